The van der Waals surface area contributed by atoms with Crippen molar-refractivity contribution in [3.8, 4) is 5.75 Å². The first-order chi connectivity index (χ1) is 15.9. The Hall–Kier alpha value is -2.46. The van der Waals surface area contributed by atoms with E-state index in [-0.39, 0.29) is 10.8 Å². The highest BCUT2D eigenvalue weighted by Crippen LogP contribution is 2.23. The van der Waals surface area contributed by atoms with Gasteiger partial charge in [-0.1, -0.05) is 18.2 Å². The Morgan fingerprint density at radius 3 is 2.27 bits per heavy atom. The molecule has 2 aliphatic heterocycles. The molecule has 0 aliphatic carbocycles. The van der Waals surface area contributed by atoms with Gasteiger partial charge in [-0.2, -0.15) is 4.31 Å². The molecule has 0 unspecified atom stereocenters. The van der Waals surface area contributed by atoms with Gasteiger partial charge in [0.1, 0.15) is 5.75 Å². The van der Waals surface area contributed by atoms with Gasteiger partial charge in [-0.25, -0.2) is 8.42 Å². The number of anilines is 1. The fourth-order valence-corrected chi connectivity index (χ4v) is 5.87. The predicted molar refractivity (Wildman–Crippen MR) is 128 cm³/mol. The van der Waals surface area contributed by atoms with Gasteiger partial charge in [-0.3, -0.25) is 14.6 Å². The smallest absolute Gasteiger partial charge is 0.243 e. The Labute approximate surface area is 196 Å². The van der Waals surface area contributed by atoms with Crippen molar-refractivity contribution in [3.63, 3.8) is 0 Å². The lowest BCUT2D eigenvalue weighted by Gasteiger charge is -2.34. The maximum atomic E-state index is 12.8. The monoisotopic (exact) mass is 472 g/mol. The summed E-state index contributed by atoms with van der Waals surface area (Å²) in [7, 11) is -1.84. The Morgan fingerprint density at radius 2 is 1.61 bits per heavy atom. The lowest BCUT2D eigenvalue weighted by atomic mass is 10.2. The topological polar surface area (TPSA) is 82.2 Å². The van der Waals surface area contributed by atoms with E-state index in [0.717, 1.165) is 51.3 Å². The van der Waals surface area contributed by atoms with Crippen LogP contribution >= 0.6 is 0 Å². The van der Waals surface area contributed by atoms with E-state index >= 15 is 0 Å². The van der Waals surface area contributed by atoms with Crippen LogP contribution < -0.4 is 10.1 Å². The zero-order valence-electron chi connectivity index (χ0n) is 19.1. The lowest BCUT2D eigenvalue weighted by molar-refractivity contribution is -0.117. The van der Waals surface area contributed by atoms with Gasteiger partial charge in [0.25, 0.3) is 0 Å². The molecule has 1 amide bonds. The number of sulfonamides is 1. The minimum Gasteiger partial charge on any atom is -0.497 e. The van der Waals surface area contributed by atoms with Gasteiger partial charge in [0.05, 0.1) is 18.6 Å². The number of piperazine rings is 1. The van der Waals surface area contributed by atoms with Gasteiger partial charge >= 0.3 is 0 Å². The number of amides is 1. The number of rotatable bonds is 8. The normalized spacial score (nSPS) is 18.3. The highest BCUT2D eigenvalue weighted by atomic mass is 32.2. The van der Waals surface area contributed by atoms with E-state index in [1.807, 2.05) is 12.1 Å². The number of nitrogens with zero attached hydrogens (tertiary/aromatic N) is 3. The van der Waals surface area contributed by atoms with Crippen LogP contribution in [0.2, 0.25) is 0 Å². The molecule has 4 rings (SSSR count). The van der Waals surface area contributed by atoms with Crippen molar-refractivity contribution >= 4 is 21.6 Å². The molecule has 0 radical (unpaired) electrons. The summed E-state index contributed by atoms with van der Waals surface area (Å²) in [6.07, 6.45) is 1.78. The van der Waals surface area contributed by atoms with Crippen LogP contribution in [0, 0.1) is 0 Å². The Morgan fingerprint density at radius 1 is 0.939 bits per heavy atom. The van der Waals surface area contributed by atoms with Crippen molar-refractivity contribution in [3.05, 3.63) is 54.1 Å². The second-order valence-electron chi connectivity index (χ2n) is 8.59. The maximum absolute atomic E-state index is 12.8. The number of carbonyl (C=O) groups excluding carboxylic acids is 1. The van der Waals surface area contributed by atoms with Crippen LogP contribution in [0.15, 0.2) is 53.4 Å². The summed E-state index contributed by atoms with van der Waals surface area (Å²) in [5.41, 5.74) is 1.75. The Bertz CT molecular complexity index is 1040. The minimum absolute atomic E-state index is 0.130. The van der Waals surface area contributed by atoms with Crippen LogP contribution in [0.5, 0.6) is 5.75 Å². The lowest BCUT2D eigenvalue weighted by Crippen LogP contribution is -2.48. The molecular weight excluding hydrogens is 440 g/mol. The molecule has 1 N–H and O–H groups in total. The van der Waals surface area contributed by atoms with Crippen LogP contribution in [0.25, 0.3) is 0 Å². The molecule has 178 valence electrons. The average molecular weight is 473 g/mol. The van der Waals surface area contributed by atoms with Gasteiger partial charge in [0, 0.05) is 51.5 Å². The first-order valence-corrected chi connectivity index (χ1v) is 12.9. The van der Waals surface area contributed by atoms with Gasteiger partial charge in [0.15, 0.2) is 0 Å². The van der Waals surface area contributed by atoms with Crippen LogP contribution in [0.1, 0.15) is 18.4 Å². The van der Waals surface area contributed by atoms with Gasteiger partial charge in [-0.15, -0.1) is 0 Å². The Balaban J connectivity index is 1.26. The number of hydrogen-bond donors (Lipinski definition) is 1. The van der Waals surface area contributed by atoms with Gasteiger partial charge < -0.3 is 10.1 Å². The number of methoxy groups -OCH3 is 1. The van der Waals surface area contributed by atoms with Crippen LogP contribution in [0.3, 0.4) is 0 Å². The number of nitrogens with one attached hydrogen (secondary N) is 1. The number of ether oxygens (including phenoxy) is 1. The van der Waals surface area contributed by atoms with Crippen molar-refractivity contribution < 1.29 is 17.9 Å². The summed E-state index contributed by atoms with van der Waals surface area (Å²) in [6, 6.07) is 14.7. The molecule has 0 saturated carbocycles. The highest BCUT2D eigenvalue weighted by Gasteiger charge is 2.27. The second-order valence-corrected chi connectivity index (χ2v) is 10.5. The SMILES string of the molecule is COc1ccc(CN2CCN(CC(=O)Nc3cccc(S(=O)(=O)N4CCCC4)c3)CC2)cc1. The molecule has 2 fully saturated rings. The molecule has 0 spiro atoms. The summed E-state index contributed by atoms with van der Waals surface area (Å²) in [6.45, 7) is 5.69. The van der Waals surface area contributed by atoms with Crippen molar-refractivity contribution in [2.24, 2.45) is 0 Å². The van der Waals surface area contributed by atoms with Crippen LogP contribution in [-0.2, 0) is 21.4 Å². The summed E-state index contributed by atoms with van der Waals surface area (Å²) in [5, 5.41) is 2.87. The molecule has 33 heavy (non-hydrogen) atoms. The summed E-state index contributed by atoms with van der Waals surface area (Å²) >= 11 is 0. The summed E-state index contributed by atoms with van der Waals surface area (Å²) < 4.78 is 32.3. The predicted octanol–water partition coefficient (Wildman–Crippen LogP) is 2.24. The first kappa shape index (κ1) is 23.7. The molecular formula is C24H32N4O4S. The fourth-order valence-electron chi connectivity index (χ4n) is 4.31. The third-order valence-electron chi connectivity index (χ3n) is 6.22. The van der Waals surface area contributed by atoms with E-state index in [0.29, 0.717) is 25.3 Å². The fraction of sp³-hybridized carbons (Fsp3) is 0.458. The summed E-state index contributed by atoms with van der Waals surface area (Å²) in [5.74, 6) is 0.725. The van der Waals surface area contributed by atoms with Crippen LogP contribution in [0.4, 0.5) is 5.69 Å². The van der Waals surface area contributed by atoms with E-state index in [4.69, 9.17) is 4.74 Å². The molecule has 2 aromatic rings. The van der Waals surface area contributed by atoms with Crippen molar-refractivity contribution in [2.45, 2.75) is 24.3 Å². The second kappa shape index (κ2) is 10.6. The van der Waals surface area contributed by atoms with E-state index in [9.17, 15) is 13.2 Å². The molecule has 0 aromatic heterocycles. The minimum atomic E-state index is -3.50. The maximum Gasteiger partial charge on any atom is 0.243 e. The zero-order valence-corrected chi connectivity index (χ0v) is 19.9. The number of carbonyl (C=O) groups is 1. The van der Waals surface area contributed by atoms with Crippen molar-refractivity contribution in [1.82, 2.24) is 14.1 Å². The molecule has 2 heterocycles. The van der Waals surface area contributed by atoms with Crippen molar-refractivity contribution in [2.75, 3.05) is 58.2 Å². The molecule has 2 aromatic carbocycles. The van der Waals surface area contributed by atoms with E-state index in [1.165, 1.54) is 9.87 Å². The summed E-state index contributed by atoms with van der Waals surface area (Å²) in [4.78, 5) is 17.3. The van der Waals surface area contributed by atoms with E-state index in [1.54, 1.807) is 31.4 Å². The Kier molecular flexibility index (Phi) is 7.64. The number of hydrogen-bond acceptors (Lipinski definition) is 6. The van der Waals surface area contributed by atoms with Gasteiger partial charge in [0.2, 0.25) is 15.9 Å². The molecule has 8 nitrogen and oxygen atoms in total. The molecule has 0 bridgehead atoms. The molecule has 0 atom stereocenters. The quantitative estimate of drug-likeness (QED) is 0.635. The molecule has 2 aliphatic rings. The number of benzene rings is 2. The third kappa shape index (κ3) is 6.11. The van der Waals surface area contributed by atoms with Crippen LogP contribution in [-0.4, -0.2) is 81.4 Å². The first-order valence-electron chi connectivity index (χ1n) is 11.4. The van der Waals surface area contributed by atoms with Gasteiger partial charge in [-0.05, 0) is 48.7 Å². The van der Waals surface area contributed by atoms with E-state index < -0.39 is 10.0 Å². The third-order valence-corrected chi connectivity index (χ3v) is 8.11. The standard InChI is InChI=1S/C24H32N4O4S/c1-32-22-9-7-20(8-10-22)18-26-13-15-27(16-14-26)19-24(29)25-21-5-4-6-23(17-21)33(30,31)28-11-2-3-12-28/h4-10,17H,2-3,11-16,18-19H2,1H3,(H,25,29). The van der Waals surface area contributed by atoms with E-state index in [2.05, 4.69) is 27.2 Å². The highest BCUT2D eigenvalue weighted by molar-refractivity contribution is 7.89. The largest absolute Gasteiger partial charge is 0.497 e. The zero-order chi connectivity index (χ0) is 23.3. The average Bonchev–Trinajstić information content (AvgIpc) is 3.37. The van der Waals surface area contributed by atoms with Crippen molar-refractivity contribution in [1.29, 1.82) is 0 Å². The molecule has 2 saturated heterocycles. The molecule has 9 heteroatoms.